The van der Waals surface area contributed by atoms with Gasteiger partial charge in [-0.05, 0) is 6.07 Å². The first-order chi connectivity index (χ1) is 6.50. The van der Waals surface area contributed by atoms with Crippen LogP contribution >= 0.6 is 0 Å². The molecule has 77 valence electrons. The van der Waals surface area contributed by atoms with Crippen molar-refractivity contribution >= 4 is 10.1 Å². The van der Waals surface area contributed by atoms with E-state index in [1.807, 2.05) is 0 Å². The molecule has 1 rings (SSSR count). The summed E-state index contributed by atoms with van der Waals surface area (Å²) in [5.74, 6) is -0.0270. The van der Waals surface area contributed by atoms with Gasteiger partial charge in [-0.2, -0.15) is 8.42 Å². The lowest BCUT2D eigenvalue weighted by atomic mass is 10.2. The summed E-state index contributed by atoms with van der Waals surface area (Å²) >= 11 is 0. The Labute approximate surface area is 81.7 Å². The van der Waals surface area contributed by atoms with E-state index >= 15 is 0 Å². The van der Waals surface area contributed by atoms with Crippen molar-refractivity contribution in [2.24, 2.45) is 0 Å². The molecule has 0 spiro atoms. The maximum atomic E-state index is 10.9. The van der Waals surface area contributed by atoms with E-state index in [1.54, 1.807) is 0 Å². The topological polar surface area (TPSA) is 83.5 Å². The van der Waals surface area contributed by atoms with Crippen LogP contribution in [0.2, 0.25) is 0 Å². The molecule has 0 aliphatic carbocycles. The summed E-state index contributed by atoms with van der Waals surface area (Å²) in [6.07, 6.45) is 0. The second-order valence-corrected chi connectivity index (χ2v) is 3.93. The molecule has 1 N–H and O–H groups in total. The van der Waals surface area contributed by atoms with Gasteiger partial charge in [-0.15, -0.1) is 0 Å². The molecule has 0 aliphatic heterocycles. The van der Waals surface area contributed by atoms with Crippen LogP contribution in [0.25, 0.3) is 0 Å². The average Bonchev–Trinajstić information content (AvgIpc) is 2.15. The molecule has 0 unspecified atom stereocenters. The van der Waals surface area contributed by atoms with Gasteiger partial charge >= 0.3 is 0 Å². The smallest absolute Gasteiger partial charge is 0.298 e. The Bertz CT molecular complexity index is 401. The first-order valence-corrected chi connectivity index (χ1v) is 5.16. The molecular formula is C8H9O5S. The molecule has 0 saturated carbocycles. The molecule has 0 atom stereocenters. The van der Waals surface area contributed by atoms with Crippen LogP contribution in [-0.4, -0.2) is 20.1 Å². The SMILES string of the molecule is COc1cccc(C[O])c1S(=O)(=O)O. The number of ether oxygens (including phenoxy) is 1. The van der Waals surface area contributed by atoms with E-state index in [1.165, 1.54) is 25.3 Å². The van der Waals surface area contributed by atoms with Gasteiger partial charge in [0.15, 0.2) is 0 Å². The van der Waals surface area contributed by atoms with Crippen LogP contribution < -0.4 is 4.74 Å². The Morgan fingerprint density at radius 3 is 2.50 bits per heavy atom. The summed E-state index contributed by atoms with van der Waals surface area (Å²) in [6.45, 7) is -0.730. The quantitative estimate of drug-likeness (QED) is 0.761. The third kappa shape index (κ3) is 2.03. The molecule has 1 aromatic rings. The highest BCUT2D eigenvalue weighted by molar-refractivity contribution is 7.86. The maximum absolute atomic E-state index is 10.9. The summed E-state index contributed by atoms with van der Waals surface area (Å²) in [6, 6.07) is 4.18. The minimum atomic E-state index is -4.41. The van der Waals surface area contributed by atoms with Gasteiger partial charge in [0, 0.05) is 5.56 Å². The van der Waals surface area contributed by atoms with Crippen LogP contribution in [0.1, 0.15) is 5.56 Å². The van der Waals surface area contributed by atoms with Crippen LogP contribution in [0.3, 0.4) is 0 Å². The van der Waals surface area contributed by atoms with Crippen molar-refractivity contribution in [2.75, 3.05) is 7.11 Å². The first kappa shape index (κ1) is 11.0. The Kier molecular flexibility index (Phi) is 3.10. The van der Waals surface area contributed by atoms with Crippen molar-refractivity contribution < 1.29 is 22.8 Å². The highest BCUT2D eigenvalue weighted by Crippen LogP contribution is 2.27. The van der Waals surface area contributed by atoms with Gasteiger partial charge in [0.25, 0.3) is 10.1 Å². The standard InChI is InChI=1S/C8H9O5S/c1-13-7-4-2-3-6(5-9)8(7)14(10,11)12/h2-4H,5H2,1H3,(H,10,11,12). The van der Waals surface area contributed by atoms with Gasteiger partial charge in [0.05, 0.1) is 7.11 Å². The van der Waals surface area contributed by atoms with Crippen molar-refractivity contribution in [3.63, 3.8) is 0 Å². The van der Waals surface area contributed by atoms with E-state index in [9.17, 15) is 13.5 Å². The Balaban J connectivity index is 3.50. The molecule has 1 aromatic carbocycles. The third-order valence-corrected chi connectivity index (χ3v) is 2.67. The van der Waals surface area contributed by atoms with Crippen LogP contribution in [-0.2, 0) is 21.8 Å². The molecule has 0 aliphatic rings. The van der Waals surface area contributed by atoms with E-state index in [-0.39, 0.29) is 11.3 Å². The summed E-state index contributed by atoms with van der Waals surface area (Å²) in [4.78, 5) is -0.447. The molecule has 0 heterocycles. The normalized spacial score (nSPS) is 11.4. The van der Waals surface area contributed by atoms with Crippen molar-refractivity contribution in [2.45, 2.75) is 11.5 Å². The minimum absolute atomic E-state index is 0.00755. The Morgan fingerprint density at radius 1 is 1.43 bits per heavy atom. The average molecular weight is 217 g/mol. The maximum Gasteiger partial charge on any atom is 0.298 e. The number of hydrogen-bond acceptors (Lipinski definition) is 3. The summed E-state index contributed by atoms with van der Waals surface area (Å²) in [5.41, 5.74) is -0.00755. The molecule has 5 nitrogen and oxygen atoms in total. The van der Waals surface area contributed by atoms with Gasteiger partial charge < -0.3 is 4.74 Å². The van der Waals surface area contributed by atoms with Crippen molar-refractivity contribution in [1.29, 1.82) is 0 Å². The van der Waals surface area contributed by atoms with E-state index in [4.69, 9.17) is 9.29 Å². The molecule has 1 radical (unpaired) electrons. The summed E-state index contributed by atoms with van der Waals surface area (Å²) in [5, 5.41) is 10.6. The number of methoxy groups -OCH3 is 1. The second-order valence-electron chi connectivity index (χ2n) is 2.57. The lowest BCUT2D eigenvalue weighted by Crippen LogP contribution is -2.05. The van der Waals surface area contributed by atoms with Crippen molar-refractivity contribution in [3.8, 4) is 5.75 Å². The fourth-order valence-electron chi connectivity index (χ4n) is 1.13. The predicted octanol–water partition coefficient (Wildman–Crippen LogP) is 0.872. The highest BCUT2D eigenvalue weighted by Gasteiger charge is 2.20. The van der Waals surface area contributed by atoms with Crippen molar-refractivity contribution in [3.05, 3.63) is 23.8 Å². The Morgan fingerprint density at radius 2 is 2.07 bits per heavy atom. The lowest BCUT2D eigenvalue weighted by molar-refractivity contribution is 0.174. The van der Waals surface area contributed by atoms with Crippen LogP contribution in [0.4, 0.5) is 0 Å². The van der Waals surface area contributed by atoms with E-state index in [2.05, 4.69) is 0 Å². The minimum Gasteiger partial charge on any atom is -0.495 e. The third-order valence-electron chi connectivity index (χ3n) is 1.69. The van der Waals surface area contributed by atoms with E-state index in [0.29, 0.717) is 0 Å². The fraction of sp³-hybridized carbons (Fsp3) is 0.250. The number of benzene rings is 1. The summed E-state index contributed by atoms with van der Waals surface area (Å²) in [7, 11) is -3.15. The zero-order valence-corrected chi connectivity index (χ0v) is 8.24. The molecular weight excluding hydrogens is 208 g/mol. The molecule has 0 saturated heterocycles. The fourth-order valence-corrected chi connectivity index (χ4v) is 1.99. The molecule has 6 heteroatoms. The number of rotatable bonds is 3. The van der Waals surface area contributed by atoms with Crippen LogP contribution in [0.15, 0.2) is 23.1 Å². The predicted molar refractivity (Wildman–Crippen MR) is 47.2 cm³/mol. The van der Waals surface area contributed by atoms with Gasteiger partial charge in [-0.1, -0.05) is 12.1 Å². The monoisotopic (exact) mass is 217 g/mol. The van der Waals surface area contributed by atoms with Crippen LogP contribution in [0, 0.1) is 0 Å². The number of hydrogen-bond donors (Lipinski definition) is 1. The van der Waals surface area contributed by atoms with E-state index < -0.39 is 21.6 Å². The zero-order chi connectivity index (χ0) is 10.8. The molecule has 0 bridgehead atoms. The van der Waals surface area contributed by atoms with E-state index in [0.717, 1.165) is 0 Å². The largest absolute Gasteiger partial charge is 0.495 e. The Hall–Kier alpha value is -1.11. The van der Waals surface area contributed by atoms with Gasteiger partial charge in [0.1, 0.15) is 17.3 Å². The first-order valence-electron chi connectivity index (χ1n) is 3.72. The molecule has 0 aromatic heterocycles. The summed E-state index contributed by atoms with van der Waals surface area (Å²) < 4.78 is 35.5. The van der Waals surface area contributed by atoms with Crippen LogP contribution in [0.5, 0.6) is 5.75 Å². The zero-order valence-electron chi connectivity index (χ0n) is 7.43. The second kappa shape index (κ2) is 3.95. The molecule has 0 amide bonds. The van der Waals surface area contributed by atoms with Gasteiger partial charge in [0.2, 0.25) is 0 Å². The molecule has 0 fully saturated rings. The van der Waals surface area contributed by atoms with Gasteiger partial charge in [-0.3, -0.25) is 4.55 Å². The van der Waals surface area contributed by atoms with Gasteiger partial charge in [-0.25, -0.2) is 5.11 Å². The van der Waals surface area contributed by atoms with Crippen molar-refractivity contribution in [1.82, 2.24) is 0 Å². The lowest BCUT2D eigenvalue weighted by Gasteiger charge is -2.08. The molecule has 14 heavy (non-hydrogen) atoms. The highest BCUT2D eigenvalue weighted by atomic mass is 32.2.